The summed E-state index contributed by atoms with van der Waals surface area (Å²) in [6, 6.07) is 17.5. The molecule has 9 nitrogen and oxygen atoms in total. The lowest BCUT2D eigenvalue weighted by molar-refractivity contribution is -0.125. The summed E-state index contributed by atoms with van der Waals surface area (Å²) >= 11 is 12.1. The van der Waals surface area contributed by atoms with Crippen LogP contribution in [0.4, 0.5) is 0 Å². The fourth-order valence-electron chi connectivity index (χ4n) is 4.86. The molecule has 0 bridgehead atoms. The molecule has 4 rings (SSSR count). The first-order valence-corrected chi connectivity index (χ1v) is 14.6. The predicted molar refractivity (Wildman–Crippen MR) is 164 cm³/mol. The zero-order chi connectivity index (χ0) is 31.1. The standard InChI is InChI=1S/C32H32Cl2N4O5/c1-20(3-12-29(40)36-19-39)38-31(42)25-10-9-24(16-26(25)32(38)43)30(41)35-17-22-4-6-23(7-5-22)18-37(2)14-13-21-8-11-27(33)28(34)15-21/h4-11,15-16,19-20H,3,12-14,17-18H2,1-2H3,(H,35,41)(H,36,39,40). The number of carbonyl (C=O) groups excluding carboxylic acids is 5. The van der Waals surface area contributed by atoms with Crippen LogP contribution >= 0.6 is 23.2 Å². The molecule has 1 heterocycles. The molecule has 1 aliphatic rings. The van der Waals surface area contributed by atoms with Gasteiger partial charge in [-0.1, -0.05) is 53.5 Å². The number of hydrogen-bond acceptors (Lipinski definition) is 6. The number of rotatable bonds is 13. The quantitative estimate of drug-likeness (QED) is 0.212. The predicted octanol–water partition coefficient (Wildman–Crippen LogP) is 4.64. The van der Waals surface area contributed by atoms with E-state index in [1.54, 1.807) is 6.92 Å². The van der Waals surface area contributed by atoms with Gasteiger partial charge in [0.25, 0.3) is 17.7 Å². The molecule has 1 aliphatic heterocycles. The van der Waals surface area contributed by atoms with Crippen molar-refractivity contribution in [2.24, 2.45) is 0 Å². The van der Waals surface area contributed by atoms with Gasteiger partial charge in [0.2, 0.25) is 12.3 Å². The topological polar surface area (TPSA) is 116 Å². The molecular weight excluding hydrogens is 591 g/mol. The summed E-state index contributed by atoms with van der Waals surface area (Å²) in [7, 11) is 2.05. The van der Waals surface area contributed by atoms with Gasteiger partial charge in [-0.05, 0) is 73.8 Å². The second-order valence-electron chi connectivity index (χ2n) is 10.5. The summed E-state index contributed by atoms with van der Waals surface area (Å²) in [5, 5.41) is 6.00. The zero-order valence-electron chi connectivity index (χ0n) is 23.9. The highest BCUT2D eigenvalue weighted by molar-refractivity contribution is 6.42. The Morgan fingerprint density at radius 1 is 0.907 bits per heavy atom. The van der Waals surface area contributed by atoms with Crippen molar-refractivity contribution in [3.63, 3.8) is 0 Å². The van der Waals surface area contributed by atoms with Gasteiger partial charge in [-0.25, -0.2) is 0 Å². The minimum atomic E-state index is -0.563. The van der Waals surface area contributed by atoms with E-state index < -0.39 is 23.8 Å². The molecule has 2 N–H and O–H groups in total. The largest absolute Gasteiger partial charge is 0.348 e. The normalized spacial score (nSPS) is 13.2. The molecule has 3 aromatic rings. The highest BCUT2D eigenvalue weighted by Crippen LogP contribution is 2.27. The Bertz CT molecular complexity index is 1540. The number of likely N-dealkylation sites (N-methyl/N-ethyl adjacent to an activating group) is 1. The Kier molecular flexibility index (Phi) is 10.7. The fraction of sp³-hybridized carbons (Fsp3) is 0.281. The van der Waals surface area contributed by atoms with Gasteiger partial charge in [-0.3, -0.25) is 34.2 Å². The number of benzene rings is 3. The van der Waals surface area contributed by atoms with Crippen LogP contribution in [-0.2, 0) is 29.1 Å². The molecule has 0 fully saturated rings. The third-order valence-electron chi connectivity index (χ3n) is 7.32. The summed E-state index contributed by atoms with van der Waals surface area (Å²) in [4.78, 5) is 64.1. The summed E-state index contributed by atoms with van der Waals surface area (Å²) < 4.78 is 0. The molecular formula is C32H32Cl2N4O5. The van der Waals surface area contributed by atoms with Crippen molar-refractivity contribution < 1.29 is 24.0 Å². The van der Waals surface area contributed by atoms with Gasteiger partial charge in [0.15, 0.2) is 0 Å². The van der Waals surface area contributed by atoms with Gasteiger partial charge in [0.05, 0.1) is 21.2 Å². The third-order valence-corrected chi connectivity index (χ3v) is 8.06. The van der Waals surface area contributed by atoms with Crippen LogP contribution in [0.3, 0.4) is 0 Å². The first-order chi connectivity index (χ1) is 20.6. The maximum atomic E-state index is 13.0. The lowest BCUT2D eigenvalue weighted by Gasteiger charge is -2.22. The average molecular weight is 624 g/mol. The number of fused-ring (bicyclic) bond motifs is 1. The van der Waals surface area contributed by atoms with E-state index in [-0.39, 0.29) is 35.4 Å². The second kappa shape index (κ2) is 14.4. The maximum absolute atomic E-state index is 13.0. The van der Waals surface area contributed by atoms with Gasteiger partial charge < -0.3 is 10.2 Å². The molecule has 5 amide bonds. The third kappa shape index (κ3) is 8.07. The summed E-state index contributed by atoms with van der Waals surface area (Å²) in [5.74, 6) is -1.85. The Hall–Kier alpha value is -4.05. The molecule has 1 unspecified atom stereocenters. The van der Waals surface area contributed by atoms with E-state index in [0.717, 1.165) is 41.1 Å². The molecule has 3 aromatic carbocycles. The molecule has 0 spiro atoms. The van der Waals surface area contributed by atoms with Gasteiger partial charge >= 0.3 is 0 Å². The monoisotopic (exact) mass is 622 g/mol. The van der Waals surface area contributed by atoms with Crippen LogP contribution in [0.2, 0.25) is 10.0 Å². The van der Waals surface area contributed by atoms with Crippen LogP contribution < -0.4 is 10.6 Å². The summed E-state index contributed by atoms with van der Waals surface area (Å²) in [6.45, 7) is 3.56. The fourth-order valence-corrected chi connectivity index (χ4v) is 5.18. The highest BCUT2D eigenvalue weighted by Gasteiger charge is 2.38. The first-order valence-electron chi connectivity index (χ1n) is 13.8. The molecule has 11 heteroatoms. The maximum Gasteiger partial charge on any atom is 0.261 e. The van der Waals surface area contributed by atoms with E-state index in [2.05, 4.69) is 17.3 Å². The number of halogens is 2. The van der Waals surface area contributed by atoms with Crippen molar-refractivity contribution in [2.75, 3.05) is 13.6 Å². The Morgan fingerprint density at radius 2 is 1.58 bits per heavy atom. The molecule has 224 valence electrons. The van der Waals surface area contributed by atoms with Crippen molar-refractivity contribution in [2.45, 2.75) is 45.3 Å². The molecule has 0 aromatic heterocycles. The molecule has 0 saturated carbocycles. The van der Waals surface area contributed by atoms with Crippen LogP contribution in [0.15, 0.2) is 60.7 Å². The van der Waals surface area contributed by atoms with Gasteiger partial charge in [0.1, 0.15) is 0 Å². The number of carbonyl (C=O) groups is 5. The van der Waals surface area contributed by atoms with E-state index in [1.807, 2.05) is 47.8 Å². The number of amides is 5. The minimum absolute atomic E-state index is 0.0152. The van der Waals surface area contributed by atoms with Crippen molar-refractivity contribution in [3.8, 4) is 0 Å². The van der Waals surface area contributed by atoms with E-state index in [9.17, 15) is 24.0 Å². The molecule has 0 aliphatic carbocycles. The highest BCUT2D eigenvalue weighted by atomic mass is 35.5. The SMILES string of the molecule is CC(CCC(=O)NC=O)N1C(=O)c2ccc(C(=O)NCc3ccc(CN(C)CCc4ccc(Cl)c(Cl)c4)cc3)cc2C1=O. The van der Waals surface area contributed by atoms with Crippen LogP contribution in [0.1, 0.15) is 67.5 Å². The van der Waals surface area contributed by atoms with Crippen molar-refractivity contribution >= 4 is 53.2 Å². The number of hydrogen-bond donors (Lipinski definition) is 2. The van der Waals surface area contributed by atoms with E-state index in [4.69, 9.17) is 23.2 Å². The minimum Gasteiger partial charge on any atom is -0.348 e. The van der Waals surface area contributed by atoms with E-state index in [1.165, 1.54) is 18.2 Å². The van der Waals surface area contributed by atoms with Crippen LogP contribution in [-0.4, -0.2) is 59.5 Å². The van der Waals surface area contributed by atoms with Gasteiger partial charge in [0, 0.05) is 37.7 Å². The Balaban J connectivity index is 1.28. The number of imide groups is 2. The van der Waals surface area contributed by atoms with Crippen LogP contribution in [0.5, 0.6) is 0 Å². The molecule has 1 atom stereocenters. The smallest absolute Gasteiger partial charge is 0.261 e. The average Bonchev–Trinajstić information content (AvgIpc) is 3.24. The second-order valence-corrected chi connectivity index (χ2v) is 11.4. The Labute approximate surface area is 260 Å². The lowest BCUT2D eigenvalue weighted by atomic mass is 10.1. The van der Waals surface area contributed by atoms with E-state index >= 15 is 0 Å². The molecule has 0 radical (unpaired) electrons. The molecule has 0 saturated heterocycles. The number of nitrogens with one attached hydrogen (secondary N) is 2. The molecule has 43 heavy (non-hydrogen) atoms. The summed E-state index contributed by atoms with van der Waals surface area (Å²) in [6.07, 6.45) is 1.32. The number of nitrogens with zero attached hydrogens (tertiary/aromatic N) is 2. The zero-order valence-corrected chi connectivity index (χ0v) is 25.4. The van der Waals surface area contributed by atoms with Crippen LogP contribution in [0.25, 0.3) is 0 Å². The van der Waals surface area contributed by atoms with Crippen molar-refractivity contribution in [3.05, 3.63) is 104 Å². The van der Waals surface area contributed by atoms with Gasteiger partial charge in [-0.2, -0.15) is 0 Å². The van der Waals surface area contributed by atoms with Crippen LogP contribution in [0, 0.1) is 0 Å². The van der Waals surface area contributed by atoms with Gasteiger partial charge in [-0.15, -0.1) is 0 Å². The Morgan fingerprint density at radius 3 is 2.28 bits per heavy atom. The van der Waals surface area contributed by atoms with E-state index in [0.29, 0.717) is 23.0 Å². The lowest BCUT2D eigenvalue weighted by Crippen LogP contribution is -2.38. The first kappa shape index (κ1) is 31.9. The van der Waals surface area contributed by atoms with Crippen molar-refractivity contribution in [1.29, 1.82) is 0 Å². The summed E-state index contributed by atoms with van der Waals surface area (Å²) in [5.41, 5.74) is 3.80. The van der Waals surface area contributed by atoms with Crippen molar-refractivity contribution in [1.82, 2.24) is 20.4 Å².